The summed E-state index contributed by atoms with van der Waals surface area (Å²) in [6.07, 6.45) is 4.38. The summed E-state index contributed by atoms with van der Waals surface area (Å²) < 4.78 is 5.46. The number of aromatic amines is 1. The number of morpholine rings is 1. The van der Waals surface area contributed by atoms with Crippen LogP contribution in [0, 0.1) is 0 Å². The van der Waals surface area contributed by atoms with Gasteiger partial charge in [0.05, 0.1) is 36.9 Å². The quantitative estimate of drug-likeness (QED) is 0.345. The molecule has 0 radical (unpaired) electrons. The number of fused-ring (bicyclic) bond motifs is 1. The molecule has 4 heterocycles. The van der Waals surface area contributed by atoms with E-state index in [1.807, 2.05) is 24.3 Å². The molecule has 1 fully saturated rings. The van der Waals surface area contributed by atoms with E-state index in [4.69, 9.17) is 4.74 Å². The van der Waals surface area contributed by atoms with Gasteiger partial charge in [-0.25, -0.2) is 9.97 Å². The Morgan fingerprint density at radius 3 is 2.53 bits per heavy atom. The van der Waals surface area contributed by atoms with Crippen LogP contribution in [-0.4, -0.2) is 58.1 Å². The Kier molecular flexibility index (Phi) is 6.67. The summed E-state index contributed by atoms with van der Waals surface area (Å²) in [6.45, 7) is 6.38. The molecule has 3 N–H and O–H groups in total. The van der Waals surface area contributed by atoms with Crippen molar-refractivity contribution in [1.29, 1.82) is 0 Å². The van der Waals surface area contributed by atoms with Gasteiger partial charge in [0.1, 0.15) is 17.8 Å². The molecule has 36 heavy (non-hydrogen) atoms. The van der Waals surface area contributed by atoms with Crippen molar-refractivity contribution in [3.05, 3.63) is 73.3 Å². The Hall–Kier alpha value is -4.57. The molecule has 2 amide bonds. The number of carbonyl (C=O) groups excluding carboxylic acids is 2. The first-order valence-corrected chi connectivity index (χ1v) is 11.5. The van der Waals surface area contributed by atoms with Crippen molar-refractivity contribution in [3.63, 3.8) is 0 Å². The second kappa shape index (κ2) is 10.4. The zero-order valence-corrected chi connectivity index (χ0v) is 19.5. The van der Waals surface area contributed by atoms with Crippen LogP contribution in [0.3, 0.4) is 0 Å². The summed E-state index contributed by atoms with van der Waals surface area (Å²) in [5.41, 5.74) is 4.49. The van der Waals surface area contributed by atoms with Gasteiger partial charge in [-0.1, -0.05) is 18.7 Å². The molecule has 10 nitrogen and oxygen atoms in total. The normalized spacial score (nSPS) is 13.4. The molecule has 4 aromatic rings. The number of H-pyrrole nitrogens is 1. The van der Waals surface area contributed by atoms with Crippen molar-refractivity contribution >= 4 is 40.0 Å². The molecule has 1 aromatic carbocycles. The van der Waals surface area contributed by atoms with Crippen LogP contribution in [0.1, 0.15) is 5.69 Å². The van der Waals surface area contributed by atoms with Gasteiger partial charge in [0.15, 0.2) is 0 Å². The molecule has 5 rings (SSSR count). The fourth-order valence-electron chi connectivity index (χ4n) is 4.01. The molecule has 3 aromatic heterocycles. The van der Waals surface area contributed by atoms with Crippen molar-refractivity contribution in [2.45, 2.75) is 6.42 Å². The lowest BCUT2D eigenvalue weighted by molar-refractivity contribution is -0.115. The Bertz CT molecular complexity index is 1390. The number of hydrogen-bond donors (Lipinski definition) is 3. The van der Waals surface area contributed by atoms with Crippen LogP contribution >= 0.6 is 0 Å². The number of amides is 2. The van der Waals surface area contributed by atoms with Crippen molar-refractivity contribution in [1.82, 2.24) is 19.9 Å². The molecule has 1 aliphatic heterocycles. The molecule has 0 unspecified atom stereocenters. The maximum Gasteiger partial charge on any atom is 0.247 e. The van der Waals surface area contributed by atoms with Crippen LogP contribution in [0.5, 0.6) is 0 Å². The van der Waals surface area contributed by atoms with E-state index in [0.717, 1.165) is 41.2 Å². The van der Waals surface area contributed by atoms with E-state index in [1.165, 1.54) is 12.3 Å². The molecule has 0 saturated carbocycles. The average molecular weight is 484 g/mol. The van der Waals surface area contributed by atoms with Gasteiger partial charge < -0.3 is 25.3 Å². The number of rotatable bonds is 7. The van der Waals surface area contributed by atoms with E-state index in [0.29, 0.717) is 30.3 Å². The van der Waals surface area contributed by atoms with Crippen LogP contribution in [0.25, 0.3) is 22.3 Å². The van der Waals surface area contributed by atoms with Gasteiger partial charge in [-0.3, -0.25) is 14.6 Å². The number of aromatic nitrogens is 4. The summed E-state index contributed by atoms with van der Waals surface area (Å²) in [6, 6.07) is 13.0. The first kappa shape index (κ1) is 23.2. The Labute approximate surface area is 207 Å². The van der Waals surface area contributed by atoms with Crippen LogP contribution in [0.2, 0.25) is 0 Å². The zero-order valence-electron chi connectivity index (χ0n) is 19.5. The van der Waals surface area contributed by atoms with Crippen LogP contribution in [-0.2, 0) is 20.7 Å². The molecule has 10 heteroatoms. The molecule has 182 valence electrons. The number of carbonyl (C=O) groups is 2. The van der Waals surface area contributed by atoms with Crippen LogP contribution in [0.4, 0.5) is 17.2 Å². The highest BCUT2D eigenvalue weighted by atomic mass is 16.5. The third kappa shape index (κ3) is 5.23. The minimum absolute atomic E-state index is 0.114. The predicted octanol–water partition coefficient (Wildman–Crippen LogP) is 3.16. The smallest absolute Gasteiger partial charge is 0.247 e. The number of nitrogens with one attached hydrogen (secondary N) is 3. The van der Waals surface area contributed by atoms with Crippen molar-refractivity contribution < 1.29 is 14.3 Å². The Morgan fingerprint density at radius 1 is 1.03 bits per heavy atom. The van der Waals surface area contributed by atoms with Crippen LogP contribution < -0.4 is 15.5 Å². The van der Waals surface area contributed by atoms with E-state index < -0.39 is 0 Å². The van der Waals surface area contributed by atoms with Crippen molar-refractivity contribution in [2.75, 3.05) is 41.8 Å². The van der Waals surface area contributed by atoms with Gasteiger partial charge in [-0.2, -0.15) is 0 Å². The number of ether oxygens (including phenoxy) is 1. The molecule has 1 aliphatic rings. The van der Waals surface area contributed by atoms with Gasteiger partial charge in [0.25, 0.3) is 0 Å². The maximum absolute atomic E-state index is 12.5. The van der Waals surface area contributed by atoms with Gasteiger partial charge in [-0.15, -0.1) is 0 Å². The maximum atomic E-state index is 12.5. The zero-order chi connectivity index (χ0) is 24.9. The fourth-order valence-corrected chi connectivity index (χ4v) is 4.01. The fraction of sp³-hybridized carbons (Fsp3) is 0.192. The Morgan fingerprint density at radius 2 is 1.81 bits per heavy atom. The predicted molar refractivity (Wildman–Crippen MR) is 138 cm³/mol. The first-order chi connectivity index (χ1) is 17.6. The lowest BCUT2D eigenvalue weighted by Gasteiger charge is -2.27. The lowest BCUT2D eigenvalue weighted by Crippen LogP contribution is -2.36. The number of hydrogen-bond acceptors (Lipinski definition) is 7. The first-order valence-electron chi connectivity index (χ1n) is 11.5. The lowest BCUT2D eigenvalue weighted by atomic mass is 10.1. The number of nitrogens with zero attached hydrogens (tertiary/aromatic N) is 4. The van der Waals surface area contributed by atoms with Crippen molar-refractivity contribution in [3.8, 4) is 11.3 Å². The minimum atomic E-state index is -0.316. The molecule has 0 bridgehead atoms. The highest BCUT2D eigenvalue weighted by molar-refractivity contribution is 5.98. The van der Waals surface area contributed by atoms with Gasteiger partial charge >= 0.3 is 0 Å². The SMILES string of the molecule is C=CC(=O)Nc1ccc(CC(=O)Nc2ccc(-c3cc4c(N5CCOCC5)ncnc4[nH]3)cc2)nc1. The largest absolute Gasteiger partial charge is 0.378 e. The minimum Gasteiger partial charge on any atom is -0.378 e. The molecule has 1 saturated heterocycles. The Balaban J connectivity index is 1.24. The monoisotopic (exact) mass is 483 g/mol. The van der Waals surface area contributed by atoms with Gasteiger partial charge in [-0.05, 0) is 42.0 Å². The standard InChI is InChI=1S/C26H25N7O3/c1-2-23(34)31-20-8-7-19(27-15-20)13-24(35)30-18-5-3-17(4-6-18)22-14-21-25(32-22)28-16-29-26(21)33-9-11-36-12-10-33/h2-8,14-16H,1,9-13H2,(H,30,35)(H,31,34)(H,28,29,32). The second-order valence-corrected chi connectivity index (χ2v) is 8.28. The topological polar surface area (TPSA) is 125 Å². The molecular formula is C26H25N7O3. The number of pyridine rings is 1. The average Bonchev–Trinajstić information content (AvgIpc) is 3.35. The third-order valence-corrected chi connectivity index (χ3v) is 5.81. The van der Waals surface area contributed by atoms with Gasteiger partial charge in [0.2, 0.25) is 11.8 Å². The summed E-state index contributed by atoms with van der Waals surface area (Å²) in [5, 5.41) is 6.48. The molecular weight excluding hydrogens is 458 g/mol. The summed E-state index contributed by atoms with van der Waals surface area (Å²) >= 11 is 0. The van der Waals surface area contributed by atoms with Gasteiger partial charge in [0, 0.05) is 30.2 Å². The highest BCUT2D eigenvalue weighted by Gasteiger charge is 2.17. The molecule has 0 spiro atoms. The molecule has 0 aliphatic carbocycles. The summed E-state index contributed by atoms with van der Waals surface area (Å²) in [4.78, 5) is 42.5. The summed E-state index contributed by atoms with van der Waals surface area (Å²) in [5.74, 6) is 0.400. The third-order valence-electron chi connectivity index (χ3n) is 5.81. The number of benzene rings is 1. The van der Waals surface area contributed by atoms with Crippen molar-refractivity contribution in [2.24, 2.45) is 0 Å². The van der Waals surface area contributed by atoms with E-state index in [-0.39, 0.29) is 18.2 Å². The summed E-state index contributed by atoms with van der Waals surface area (Å²) in [7, 11) is 0. The number of anilines is 3. The van der Waals surface area contributed by atoms with Crippen LogP contribution in [0.15, 0.2) is 67.6 Å². The van der Waals surface area contributed by atoms with E-state index >= 15 is 0 Å². The van der Waals surface area contributed by atoms with E-state index in [9.17, 15) is 9.59 Å². The molecule has 0 atom stereocenters. The second-order valence-electron chi connectivity index (χ2n) is 8.28. The highest BCUT2D eigenvalue weighted by Crippen LogP contribution is 2.29. The van der Waals surface area contributed by atoms with E-state index in [1.54, 1.807) is 18.5 Å². The van der Waals surface area contributed by atoms with E-state index in [2.05, 4.69) is 48.1 Å².